The zero-order valence-electron chi connectivity index (χ0n) is 10.2. The van der Waals surface area contributed by atoms with Gasteiger partial charge < -0.3 is 10.0 Å². The molecule has 0 amide bonds. The first-order chi connectivity index (χ1) is 8.11. The standard InChI is InChI=1S/C13H17N3O/c1-9-3-4-15-13(12(9)7-14)16(2)8-10-5-11(17)6-10/h3-4,10-11,17H,5-6,8H2,1-2H3. The van der Waals surface area contributed by atoms with Gasteiger partial charge in [0.2, 0.25) is 0 Å². The van der Waals surface area contributed by atoms with Crippen molar-refractivity contribution in [2.45, 2.75) is 25.9 Å². The van der Waals surface area contributed by atoms with Gasteiger partial charge >= 0.3 is 0 Å². The third-order valence-corrected chi connectivity index (χ3v) is 3.36. The number of aryl methyl sites for hydroxylation is 1. The van der Waals surface area contributed by atoms with E-state index in [2.05, 4.69) is 11.1 Å². The summed E-state index contributed by atoms with van der Waals surface area (Å²) in [6, 6.07) is 4.06. The van der Waals surface area contributed by atoms with Gasteiger partial charge in [0.1, 0.15) is 11.9 Å². The van der Waals surface area contributed by atoms with Gasteiger partial charge in [-0.1, -0.05) is 0 Å². The van der Waals surface area contributed by atoms with Crippen LogP contribution in [0.5, 0.6) is 0 Å². The van der Waals surface area contributed by atoms with Gasteiger partial charge in [0.15, 0.2) is 0 Å². The van der Waals surface area contributed by atoms with Crippen molar-refractivity contribution in [1.82, 2.24) is 4.98 Å². The number of nitrogens with zero attached hydrogens (tertiary/aromatic N) is 3. The Balaban J connectivity index is 2.11. The first-order valence-electron chi connectivity index (χ1n) is 5.86. The van der Waals surface area contributed by atoms with Crippen LogP contribution >= 0.6 is 0 Å². The minimum Gasteiger partial charge on any atom is -0.393 e. The van der Waals surface area contributed by atoms with Crippen molar-refractivity contribution in [1.29, 1.82) is 5.26 Å². The molecule has 1 aromatic rings. The highest BCUT2D eigenvalue weighted by molar-refractivity contribution is 5.56. The molecule has 0 bridgehead atoms. The molecule has 17 heavy (non-hydrogen) atoms. The van der Waals surface area contributed by atoms with E-state index in [0.29, 0.717) is 11.5 Å². The van der Waals surface area contributed by atoms with E-state index in [0.717, 1.165) is 30.8 Å². The Morgan fingerprint density at radius 1 is 1.59 bits per heavy atom. The van der Waals surface area contributed by atoms with E-state index < -0.39 is 0 Å². The topological polar surface area (TPSA) is 60.1 Å². The smallest absolute Gasteiger partial charge is 0.146 e. The third-order valence-electron chi connectivity index (χ3n) is 3.36. The van der Waals surface area contributed by atoms with Gasteiger partial charge in [0.25, 0.3) is 0 Å². The monoisotopic (exact) mass is 231 g/mol. The lowest BCUT2D eigenvalue weighted by molar-refractivity contribution is 0.0464. The number of aromatic nitrogens is 1. The van der Waals surface area contributed by atoms with E-state index in [1.165, 1.54) is 0 Å². The molecule has 0 aliphatic heterocycles. The van der Waals surface area contributed by atoms with E-state index >= 15 is 0 Å². The Kier molecular flexibility index (Phi) is 3.30. The minimum atomic E-state index is -0.130. The molecular weight excluding hydrogens is 214 g/mol. The second-order valence-corrected chi connectivity index (χ2v) is 4.81. The van der Waals surface area contributed by atoms with Crippen molar-refractivity contribution < 1.29 is 5.11 Å². The molecule has 0 saturated heterocycles. The molecule has 4 nitrogen and oxygen atoms in total. The van der Waals surface area contributed by atoms with Crippen molar-refractivity contribution in [3.05, 3.63) is 23.4 Å². The Morgan fingerprint density at radius 2 is 2.29 bits per heavy atom. The van der Waals surface area contributed by atoms with Crippen LogP contribution in [0.3, 0.4) is 0 Å². The van der Waals surface area contributed by atoms with Crippen molar-refractivity contribution >= 4 is 5.82 Å². The lowest BCUT2D eigenvalue weighted by Crippen LogP contribution is -2.37. The van der Waals surface area contributed by atoms with E-state index in [1.807, 2.05) is 24.9 Å². The fraction of sp³-hybridized carbons (Fsp3) is 0.538. The van der Waals surface area contributed by atoms with Crippen LogP contribution < -0.4 is 4.90 Å². The fourth-order valence-corrected chi connectivity index (χ4v) is 2.29. The number of hydrogen-bond acceptors (Lipinski definition) is 4. The second kappa shape index (κ2) is 4.72. The summed E-state index contributed by atoms with van der Waals surface area (Å²) in [5, 5.41) is 18.4. The summed E-state index contributed by atoms with van der Waals surface area (Å²) >= 11 is 0. The summed E-state index contributed by atoms with van der Waals surface area (Å²) in [7, 11) is 1.95. The molecule has 2 rings (SSSR count). The zero-order chi connectivity index (χ0) is 12.4. The van der Waals surface area contributed by atoms with Crippen LogP contribution in [0, 0.1) is 24.2 Å². The van der Waals surface area contributed by atoms with Gasteiger partial charge in [-0.05, 0) is 37.3 Å². The van der Waals surface area contributed by atoms with Crippen LogP contribution in [-0.2, 0) is 0 Å². The van der Waals surface area contributed by atoms with E-state index in [1.54, 1.807) is 6.20 Å². The highest BCUT2D eigenvalue weighted by Gasteiger charge is 2.28. The average molecular weight is 231 g/mol. The molecule has 1 heterocycles. The molecule has 0 atom stereocenters. The average Bonchev–Trinajstić information content (AvgIpc) is 2.26. The van der Waals surface area contributed by atoms with Gasteiger partial charge in [-0.3, -0.25) is 0 Å². The van der Waals surface area contributed by atoms with E-state index in [9.17, 15) is 5.11 Å². The van der Waals surface area contributed by atoms with Crippen molar-refractivity contribution in [3.8, 4) is 6.07 Å². The number of anilines is 1. The number of aliphatic hydroxyl groups excluding tert-OH is 1. The van der Waals surface area contributed by atoms with Crippen LogP contribution in [0.15, 0.2) is 12.3 Å². The number of aliphatic hydroxyl groups is 1. The van der Waals surface area contributed by atoms with Crippen LogP contribution in [0.25, 0.3) is 0 Å². The lowest BCUT2D eigenvalue weighted by atomic mass is 9.82. The summed E-state index contributed by atoms with van der Waals surface area (Å²) in [5.41, 5.74) is 1.60. The maximum absolute atomic E-state index is 9.26. The molecule has 1 aromatic heterocycles. The molecule has 0 aromatic carbocycles. The van der Waals surface area contributed by atoms with Crippen molar-refractivity contribution in [2.24, 2.45) is 5.92 Å². The van der Waals surface area contributed by atoms with E-state index in [-0.39, 0.29) is 6.10 Å². The summed E-state index contributed by atoms with van der Waals surface area (Å²) < 4.78 is 0. The maximum Gasteiger partial charge on any atom is 0.146 e. The Morgan fingerprint density at radius 3 is 2.88 bits per heavy atom. The first-order valence-corrected chi connectivity index (χ1v) is 5.86. The van der Waals surface area contributed by atoms with Crippen molar-refractivity contribution in [2.75, 3.05) is 18.5 Å². The quantitative estimate of drug-likeness (QED) is 0.855. The largest absolute Gasteiger partial charge is 0.393 e. The van der Waals surface area contributed by atoms with Crippen molar-refractivity contribution in [3.63, 3.8) is 0 Å². The van der Waals surface area contributed by atoms with Gasteiger partial charge in [-0.15, -0.1) is 0 Å². The molecule has 4 heteroatoms. The number of rotatable bonds is 3. The zero-order valence-corrected chi connectivity index (χ0v) is 10.2. The molecule has 1 saturated carbocycles. The third kappa shape index (κ3) is 2.40. The summed E-state index contributed by atoms with van der Waals surface area (Å²) in [6.07, 6.45) is 3.32. The van der Waals surface area contributed by atoms with Gasteiger partial charge in [-0.2, -0.15) is 5.26 Å². The van der Waals surface area contributed by atoms with Crippen LogP contribution in [0.1, 0.15) is 24.0 Å². The molecule has 0 unspecified atom stereocenters. The molecule has 0 spiro atoms. The van der Waals surface area contributed by atoms with Gasteiger partial charge in [0, 0.05) is 19.8 Å². The molecule has 1 aliphatic carbocycles. The van der Waals surface area contributed by atoms with Crippen LogP contribution in [-0.4, -0.2) is 29.8 Å². The lowest BCUT2D eigenvalue weighted by Gasteiger charge is -2.35. The molecule has 90 valence electrons. The predicted octanol–water partition coefficient (Wildman–Crippen LogP) is 1.47. The number of nitriles is 1. The summed E-state index contributed by atoms with van der Waals surface area (Å²) in [6.45, 7) is 2.77. The second-order valence-electron chi connectivity index (χ2n) is 4.81. The van der Waals surface area contributed by atoms with Crippen LogP contribution in [0.4, 0.5) is 5.82 Å². The SMILES string of the molecule is Cc1ccnc(N(C)CC2CC(O)C2)c1C#N. The van der Waals surface area contributed by atoms with Gasteiger partial charge in [0.05, 0.1) is 11.7 Å². The fourth-order valence-electron chi connectivity index (χ4n) is 2.29. The highest BCUT2D eigenvalue weighted by atomic mass is 16.3. The molecule has 1 N–H and O–H groups in total. The molecule has 1 aliphatic rings. The number of pyridine rings is 1. The Bertz CT molecular complexity index is 446. The van der Waals surface area contributed by atoms with Crippen LogP contribution in [0.2, 0.25) is 0 Å². The minimum absolute atomic E-state index is 0.130. The molecule has 0 radical (unpaired) electrons. The summed E-state index contributed by atoms with van der Waals surface area (Å²) in [5.74, 6) is 1.26. The molecular formula is C13H17N3O. The predicted molar refractivity (Wildman–Crippen MR) is 65.7 cm³/mol. The number of hydrogen-bond donors (Lipinski definition) is 1. The Hall–Kier alpha value is -1.60. The van der Waals surface area contributed by atoms with E-state index in [4.69, 9.17) is 5.26 Å². The highest BCUT2D eigenvalue weighted by Crippen LogP contribution is 2.29. The Labute approximate surface area is 102 Å². The molecule has 1 fully saturated rings. The summed E-state index contributed by atoms with van der Waals surface area (Å²) in [4.78, 5) is 6.30. The van der Waals surface area contributed by atoms with Gasteiger partial charge in [-0.25, -0.2) is 4.98 Å². The normalized spacial score (nSPS) is 22.7. The maximum atomic E-state index is 9.26. The first kappa shape index (κ1) is 11.9.